The summed E-state index contributed by atoms with van der Waals surface area (Å²) < 4.78 is 13.5. The van der Waals surface area contributed by atoms with Gasteiger partial charge in [-0.1, -0.05) is 0 Å². The number of hydrogen-bond acceptors (Lipinski definition) is 3. The molecule has 0 saturated heterocycles. The number of aromatic amines is 1. The van der Waals surface area contributed by atoms with E-state index in [-0.39, 0.29) is 17.4 Å². The molecular formula is C12H12FN3O2. The van der Waals surface area contributed by atoms with Gasteiger partial charge < -0.3 is 10.4 Å². The molecule has 0 aliphatic heterocycles. The Morgan fingerprint density at radius 1 is 1.56 bits per heavy atom. The molecule has 0 radical (unpaired) electrons. The number of hydrogen-bond donors (Lipinski definition) is 3. The second-order valence-electron chi connectivity index (χ2n) is 3.89. The summed E-state index contributed by atoms with van der Waals surface area (Å²) in [6, 6.07) is 3.12. The van der Waals surface area contributed by atoms with Gasteiger partial charge in [0, 0.05) is 17.8 Å². The third-order valence-electron chi connectivity index (χ3n) is 2.56. The van der Waals surface area contributed by atoms with Gasteiger partial charge in [0.05, 0.1) is 17.8 Å². The van der Waals surface area contributed by atoms with Crippen molar-refractivity contribution in [1.29, 1.82) is 0 Å². The number of rotatable bonds is 3. The average Bonchev–Trinajstić information content (AvgIpc) is 2.81. The van der Waals surface area contributed by atoms with Crippen molar-refractivity contribution in [2.24, 2.45) is 0 Å². The Kier molecular flexibility index (Phi) is 3.27. The molecule has 2 aromatic rings. The largest absolute Gasteiger partial charge is 0.508 e. The van der Waals surface area contributed by atoms with Crippen molar-refractivity contribution < 1.29 is 14.3 Å². The monoisotopic (exact) mass is 249 g/mol. The van der Waals surface area contributed by atoms with Gasteiger partial charge in [-0.05, 0) is 19.1 Å². The van der Waals surface area contributed by atoms with Crippen LogP contribution >= 0.6 is 0 Å². The van der Waals surface area contributed by atoms with Crippen LogP contribution in [-0.4, -0.2) is 21.2 Å². The summed E-state index contributed by atoms with van der Waals surface area (Å²) in [7, 11) is 0. The molecule has 0 spiro atoms. The lowest BCUT2D eigenvalue weighted by atomic mass is 10.1. The van der Waals surface area contributed by atoms with Crippen molar-refractivity contribution in [2.45, 2.75) is 13.0 Å². The maximum absolute atomic E-state index is 13.5. The molecule has 5 nitrogen and oxygen atoms in total. The highest BCUT2D eigenvalue weighted by atomic mass is 19.1. The van der Waals surface area contributed by atoms with Gasteiger partial charge in [0.25, 0.3) is 5.91 Å². The van der Waals surface area contributed by atoms with Crippen molar-refractivity contribution in [2.75, 3.05) is 0 Å². The molecule has 94 valence electrons. The van der Waals surface area contributed by atoms with Crippen molar-refractivity contribution in [3.63, 3.8) is 0 Å². The van der Waals surface area contributed by atoms with Crippen molar-refractivity contribution >= 4 is 5.91 Å². The smallest absolute Gasteiger partial charge is 0.254 e. The fourth-order valence-electron chi connectivity index (χ4n) is 1.54. The maximum atomic E-state index is 13.5. The fourth-order valence-corrected chi connectivity index (χ4v) is 1.54. The van der Waals surface area contributed by atoms with Crippen LogP contribution in [0.15, 0.2) is 30.6 Å². The van der Waals surface area contributed by atoms with Crippen LogP contribution in [0.5, 0.6) is 5.75 Å². The number of benzene rings is 1. The minimum absolute atomic E-state index is 0.108. The second kappa shape index (κ2) is 4.87. The Balaban J connectivity index is 2.12. The number of phenols is 1. The Morgan fingerprint density at radius 3 is 2.94 bits per heavy atom. The van der Waals surface area contributed by atoms with E-state index in [2.05, 4.69) is 15.5 Å². The van der Waals surface area contributed by atoms with E-state index >= 15 is 0 Å². The summed E-state index contributed by atoms with van der Waals surface area (Å²) in [4.78, 5) is 11.8. The van der Waals surface area contributed by atoms with E-state index in [1.807, 2.05) is 0 Å². The van der Waals surface area contributed by atoms with Crippen LogP contribution in [0.4, 0.5) is 4.39 Å². The fraction of sp³-hybridized carbons (Fsp3) is 0.167. The van der Waals surface area contributed by atoms with Gasteiger partial charge >= 0.3 is 0 Å². The number of H-pyrrole nitrogens is 1. The lowest BCUT2D eigenvalue weighted by Gasteiger charge is -2.12. The molecule has 1 atom stereocenters. The maximum Gasteiger partial charge on any atom is 0.254 e. The van der Waals surface area contributed by atoms with Crippen molar-refractivity contribution in [3.05, 3.63) is 47.5 Å². The molecule has 1 unspecified atom stereocenters. The topological polar surface area (TPSA) is 78.0 Å². The normalized spacial score (nSPS) is 12.1. The van der Waals surface area contributed by atoms with Gasteiger partial charge in [0.15, 0.2) is 0 Å². The second-order valence-corrected chi connectivity index (χ2v) is 3.89. The standard InChI is InChI=1S/C12H12FN3O2/c1-7(8-5-14-15-6-8)16-12(18)10-3-2-9(17)4-11(10)13/h2-7,17H,1H3,(H,14,15)(H,16,18). The zero-order valence-corrected chi connectivity index (χ0v) is 9.64. The highest BCUT2D eigenvalue weighted by molar-refractivity contribution is 5.94. The number of nitrogens with zero attached hydrogens (tertiary/aromatic N) is 1. The molecular weight excluding hydrogens is 237 g/mol. The van der Waals surface area contributed by atoms with Gasteiger partial charge in [0.1, 0.15) is 11.6 Å². The summed E-state index contributed by atoms with van der Waals surface area (Å²) in [5.74, 6) is -1.51. The Bertz CT molecular complexity index is 554. The highest BCUT2D eigenvalue weighted by Crippen LogP contribution is 2.16. The van der Waals surface area contributed by atoms with Crippen LogP contribution in [0.2, 0.25) is 0 Å². The van der Waals surface area contributed by atoms with E-state index in [4.69, 9.17) is 5.11 Å². The lowest BCUT2D eigenvalue weighted by Crippen LogP contribution is -2.27. The van der Waals surface area contributed by atoms with Crippen LogP contribution in [0.3, 0.4) is 0 Å². The molecule has 0 saturated carbocycles. The molecule has 0 bridgehead atoms. The Morgan fingerprint density at radius 2 is 2.33 bits per heavy atom. The van der Waals surface area contributed by atoms with Crippen molar-refractivity contribution in [3.8, 4) is 5.75 Å². The molecule has 2 rings (SSSR count). The van der Waals surface area contributed by atoms with Crippen LogP contribution in [0.1, 0.15) is 28.9 Å². The number of aromatic hydroxyl groups is 1. The number of nitrogens with one attached hydrogen (secondary N) is 2. The number of carbonyl (C=O) groups is 1. The molecule has 1 aromatic heterocycles. The predicted molar refractivity (Wildman–Crippen MR) is 62.5 cm³/mol. The summed E-state index contributed by atoms with van der Waals surface area (Å²) >= 11 is 0. The van der Waals surface area contributed by atoms with Gasteiger partial charge in [0.2, 0.25) is 0 Å². The van der Waals surface area contributed by atoms with Crippen molar-refractivity contribution in [1.82, 2.24) is 15.5 Å². The van der Waals surface area contributed by atoms with Crippen LogP contribution in [0.25, 0.3) is 0 Å². The van der Waals surface area contributed by atoms with Crippen LogP contribution < -0.4 is 5.32 Å². The van der Waals surface area contributed by atoms with Gasteiger partial charge in [-0.25, -0.2) is 4.39 Å². The Hall–Kier alpha value is -2.37. The molecule has 0 aliphatic rings. The highest BCUT2D eigenvalue weighted by Gasteiger charge is 2.15. The Labute approximate surface area is 103 Å². The first-order valence-electron chi connectivity index (χ1n) is 5.36. The van der Waals surface area contributed by atoms with Crippen LogP contribution in [0, 0.1) is 5.82 Å². The summed E-state index contributed by atoms with van der Waals surface area (Å²) in [5.41, 5.74) is 0.686. The summed E-state index contributed by atoms with van der Waals surface area (Å²) in [5, 5.41) is 18.1. The zero-order valence-electron chi connectivity index (χ0n) is 9.64. The minimum atomic E-state index is -0.758. The van der Waals surface area contributed by atoms with Gasteiger partial charge in [-0.3, -0.25) is 9.89 Å². The molecule has 0 aliphatic carbocycles. The first-order valence-corrected chi connectivity index (χ1v) is 5.36. The number of halogens is 1. The molecule has 3 N–H and O–H groups in total. The summed E-state index contributed by atoms with van der Waals surface area (Å²) in [6.45, 7) is 1.76. The first kappa shape index (κ1) is 12.1. The molecule has 18 heavy (non-hydrogen) atoms. The summed E-state index contributed by atoms with van der Waals surface area (Å²) in [6.07, 6.45) is 3.23. The SMILES string of the molecule is CC(NC(=O)c1ccc(O)cc1F)c1cn[nH]c1. The van der Waals surface area contributed by atoms with Crippen LogP contribution in [-0.2, 0) is 0 Å². The van der Waals surface area contributed by atoms with E-state index in [1.54, 1.807) is 19.3 Å². The van der Waals surface area contributed by atoms with E-state index in [0.717, 1.165) is 11.6 Å². The van der Waals surface area contributed by atoms with E-state index in [0.29, 0.717) is 0 Å². The zero-order chi connectivity index (χ0) is 13.1. The molecule has 0 fully saturated rings. The minimum Gasteiger partial charge on any atom is -0.508 e. The van der Waals surface area contributed by atoms with E-state index < -0.39 is 11.7 Å². The molecule has 6 heteroatoms. The first-order chi connectivity index (χ1) is 8.58. The number of carbonyl (C=O) groups excluding carboxylic acids is 1. The molecule has 1 heterocycles. The third kappa shape index (κ3) is 2.48. The average molecular weight is 249 g/mol. The molecule has 1 aromatic carbocycles. The third-order valence-corrected chi connectivity index (χ3v) is 2.56. The van der Waals surface area contributed by atoms with Gasteiger partial charge in [-0.15, -0.1) is 0 Å². The number of amides is 1. The van der Waals surface area contributed by atoms with E-state index in [1.165, 1.54) is 12.1 Å². The number of phenolic OH excluding ortho intramolecular Hbond substituents is 1. The lowest BCUT2D eigenvalue weighted by molar-refractivity contribution is 0.0936. The predicted octanol–water partition coefficient (Wildman–Crippen LogP) is 1.75. The van der Waals surface area contributed by atoms with E-state index in [9.17, 15) is 9.18 Å². The number of aromatic nitrogens is 2. The quantitative estimate of drug-likeness (QED) is 0.775. The van der Waals surface area contributed by atoms with Gasteiger partial charge in [-0.2, -0.15) is 5.10 Å². The molecule has 1 amide bonds.